The quantitative estimate of drug-likeness (QED) is 0.729. The summed E-state index contributed by atoms with van der Waals surface area (Å²) in [5.74, 6) is 1.21. The molecule has 2 N–H and O–H groups in total. The molecule has 1 heterocycles. The van der Waals surface area contributed by atoms with E-state index >= 15 is 0 Å². The summed E-state index contributed by atoms with van der Waals surface area (Å²) in [7, 11) is 1.61. The number of benzene rings is 2. The first-order valence-corrected chi connectivity index (χ1v) is 6.46. The lowest BCUT2D eigenvalue weighted by Crippen LogP contribution is -1.91. The molecule has 1 aromatic heterocycles. The second-order valence-corrected chi connectivity index (χ2v) is 5.00. The molecule has 96 valence electrons. The highest BCUT2D eigenvalue weighted by Crippen LogP contribution is 2.32. The maximum absolute atomic E-state index is 5.96. The molecule has 0 aliphatic heterocycles. The predicted molar refractivity (Wildman–Crippen MR) is 78.1 cm³/mol. The summed E-state index contributed by atoms with van der Waals surface area (Å²) in [4.78, 5) is 4.45. The van der Waals surface area contributed by atoms with Crippen LogP contribution in [-0.2, 0) is 0 Å². The molecule has 0 radical (unpaired) electrons. The highest BCUT2D eigenvalue weighted by molar-refractivity contribution is 9.10. The molecule has 0 fully saturated rings. The molecule has 19 heavy (non-hydrogen) atoms. The van der Waals surface area contributed by atoms with Crippen molar-refractivity contribution in [2.45, 2.75) is 0 Å². The average Bonchev–Trinajstić information content (AvgIpc) is 2.82. The van der Waals surface area contributed by atoms with Crippen LogP contribution in [0, 0.1) is 0 Å². The summed E-state index contributed by atoms with van der Waals surface area (Å²) in [6, 6.07) is 11.1. The summed E-state index contributed by atoms with van der Waals surface area (Å²) in [6.45, 7) is 0. The number of aromatic nitrogens is 1. The first kappa shape index (κ1) is 12.0. The first-order valence-electron chi connectivity index (χ1n) is 5.67. The van der Waals surface area contributed by atoms with Gasteiger partial charge in [0.2, 0.25) is 5.89 Å². The maximum Gasteiger partial charge on any atom is 0.229 e. The number of fused-ring (bicyclic) bond motifs is 1. The van der Waals surface area contributed by atoms with E-state index in [9.17, 15) is 0 Å². The number of nitrogen functional groups attached to an aromatic ring is 1. The second kappa shape index (κ2) is 4.59. The molecular formula is C14H11BrN2O2. The number of hydrogen-bond donors (Lipinski definition) is 1. The van der Waals surface area contributed by atoms with Crippen LogP contribution < -0.4 is 10.5 Å². The van der Waals surface area contributed by atoms with Gasteiger partial charge >= 0.3 is 0 Å². The minimum atomic E-state index is 0.490. The zero-order valence-electron chi connectivity index (χ0n) is 10.2. The third-order valence-corrected chi connectivity index (χ3v) is 3.33. The molecule has 0 bridgehead atoms. The van der Waals surface area contributed by atoms with E-state index < -0.39 is 0 Å². The van der Waals surface area contributed by atoms with Crippen LogP contribution in [0.25, 0.3) is 22.6 Å². The van der Waals surface area contributed by atoms with Crippen LogP contribution in [-0.4, -0.2) is 12.1 Å². The number of halogens is 1. The molecule has 2 aromatic carbocycles. The molecule has 0 saturated carbocycles. The Hall–Kier alpha value is -2.01. The third kappa shape index (κ3) is 2.17. The molecule has 0 spiro atoms. The maximum atomic E-state index is 5.96. The van der Waals surface area contributed by atoms with E-state index in [-0.39, 0.29) is 0 Å². The molecule has 3 aromatic rings. The van der Waals surface area contributed by atoms with Crippen molar-refractivity contribution in [1.82, 2.24) is 4.98 Å². The van der Waals surface area contributed by atoms with Crippen LogP contribution >= 0.6 is 15.9 Å². The topological polar surface area (TPSA) is 61.3 Å². The van der Waals surface area contributed by atoms with Crippen molar-refractivity contribution in [2.75, 3.05) is 12.8 Å². The van der Waals surface area contributed by atoms with Crippen molar-refractivity contribution in [1.29, 1.82) is 0 Å². The Labute approximate surface area is 118 Å². The van der Waals surface area contributed by atoms with Crippen molar-refractivity contribution in [3.63, 3.8) is 0 Å². The van der Waals surface area contributed by atoms with Gasteiger partial charge < -0.3 is 14.9 Å². The number of rotatable bonds is 2. The minimum Gasteiger partial charge on any atom is -0.497 e. The Morgan fingerprint density at radius 2 is 2.05 bits per heavy atom. The Morgan fingerprint density at radius 1 is 1.21 bits per heavy atom. The largest absolute Gasteiger partial charge is 0.497 e. The summed E-state index contributed by atoms with van der Waals surface area (Å²) in [5.41, 5.74) is 8.80. The van der Waals surface area contributed by atoms with Gasteiger partial charge in [-0.1, -0.05) is 15.9 Å². The average molecular weight is 319 g/mol. The fourth-order valence-corrected chi connectivity index (χ4v) is 2.21. The van der Waals surface area contributed by atoms with E-state index in [1.54, 1.807) is 19.2 Å². The first-order chi connectivity index (χ1) is 9.17. The highest BCUT2D eigenvalue weighted by atomic mass is 79.9. The van der Waals surface area contributed by atoms with Gasteiger partial charge in [-0.3, -0.25) is 0 Å². The molecule has 0 atom stereocenters. The summed E-state index contributed by atoms with van der Waals surface area (Å²) in [6.07, 6.45) is 0. The normalized spacial score (nSPS) is 10.8. The number of nitrogens with two attached hydrogens (primary N) is 1. The van der Waals surface area contributed by atoms with Gasteiger partial charge in [-0.2, -0.15) is 0 Å². The van der Waals surface area contributed by atoms with E-state index in [4.69, 9.17) is 14.9 Å². The SMILES string of the molecule is COc1ccc(N)c(-c2nc3cc(Br)ccc3o2)c1. The van der Waals surface area contributed by atoms with Crippen molar-refractivity contribution in [3.8, 4) is 17.2 Å². The number of nitrogens with zero attached hydrogens (tertiary/aromatic N) is 1. The van der Waals surface area contributed by atoms with Gasteiger partial charge in [-0.05, 0) is 36.4 Å². The van der Waals surface area contributed by atoms with E-state index in [0.29, 0.717) is 17.3 Å². The smallest absolute Gasteiger partial charge is 0.229 e. The third-order valence-electron chi connectivity index (χ3n) is 2.84. The fourth-order valence-electron chi connectivity index (χ4n) is 1.86. The number of hydrogen-bond acceptors (Lipinski definition) is 4. The summed E-state index contributed by atoms with van der Waals surface area (Å²) < 4.78 is 11.9. The zero-order valence-corrected chi connectivity index (χ0v) is 11.8. The van der Waals surface area contributed by atoms with Crippen molar-refractivity contribution in [3.05, 3.63) is 40.9 Å². The van der Waals surface area contributed by atoms with Gasteiger partial charge in [0.1, 0.15) is 11.3 Å². The predicted octanol–water partition coefficient (Wildman–Crippen LogP) is 3.85. The fraction of sp³-hybridized carbons (Fsp3) is 0.0714. The van der Waals surface area contributed by atoms with Gasteiger partial charge in [0.25, 0.3) is 0 Å². The van der Waals surface area contributed by atoms with Gasteiger partial charge in [0.05, 0.1) is 12.7 Å². The number of anilines is 1. The monoisotopic (exact) mass is 318 g/mol. The van der Waals surface area contributed by atoms with Crippen LogP contribution in [0.15, 0.2) is 45.3 Å². The Kier molecular flexibility index (Phi) is 2.91. The second-order valence-electron chi connectivity index (χ2n) is 4.08. The van der Waals surface area contributed by atoms with Crippen molar-refractivity contribution >= 4 is 32.7 Å². The van der Waals surface area contributed by atoms with Gasteiger partial charge in [0, 0.05) is 10.2 Å². The van der Waals surface area contributed by atoms with E-state index in [2.05, 4.69) is 20.9 Å². The van der Waals surface area contributed by atoms with Crippen LogP contribution in [0.4, 0.5) is 5.69 Å². The number of oxazole rings is 1. The Morgan fingerprint density at radius 3 is 2.84 bits per heavy atom. The minimum absolute atomic E-state index is 0.490. The molecule has 4 nitrogen and oxygen atoms in total. The molecule has 3 rings (SSSR count). The molecule has 0 amide bonds. The lowest BCUT2D eigenvalue weighted by molar-refractivity contribution is 0.415. The van der Waals surface area contributed by atoms with Gasteiger partial charge in [-0.15, -0.1) is 0 Å². The summed E-state index contributed by atoms with van der Waals surface area (Å²) >= 11 is 3.41. The highest BCUT2D eigenvalue weighted by Gasteiger charge is 2.12. The molecule has 5 heteroatoms. The molecule has 0 aliphatic carbocycles. The van der Waals surface area contributed by atoms with Crippen molar-refractivity contribution in [2.24, 2.45) is 0 Å². The Bertz CT molecular complexity index is 752. The van der Waals surface area contributed by atoms with Crippen LogP contribution in [0.5, 0.6) is 5.75 Å². The molecular weight excluding hydrogens is 308 g/mol. The number of methoxy groups -OCH3 is 1. The van der Waals surface area contributed by atoms with E-state index in [0.717, 1.165) is 21.1 Å². The molecule has 0 unspecified atom stereocenters. The number of ether oxygens (including phenoxy) is 1. The lowest BCUT2D eigenvalue weighted by Gasteiger charge is -2.04. The van der Waals surface area contributed by atoms with Crippen LogP contribution in [0.1, 0.15) is 0 Å². The summed E-state index contributed by atoms with van der Waals surface area (Å²) in [5, 5.41) is 0. The van der Waals surface area contributed by atoms with Gasteiger partial charge in [0.15, 0.2) is 5.58 Å². The lowest BCUT2D eigenvalue weighted by atomic mass is 10.1. The van der Waals surface area contributed by atoms with E-state index in [1.807, 2.05) is 24.3 Å². The standard InChI is InChI=1S/C14H11BrN2O2/c1-18-9-3-4-11(16)10(7-9)14-17-12-6-8(15)2-5-13(12)19-14/h2-7H,16H2,1H3. The molecule has 0 saturated heterocycles. The van der Waals surface area contributed by atoms with Gasteiger partial charge in [-0.25, -0.2) is 4.98 Å². The zero-order chi connectivity index (χ0) is 13.4. The Balaban J connectivity index is 2.18. The van der Waals surface area contributed by atoms with Crippen molar-refractivity contribution < 1.29 is 9.15 Å². The van der Waals surface area contributed by atoms with Crippen LogP contribution in [0.2, 0.25) is 0 Å². The van der Waals surface area contributed by atoms with Crippen LogP contribution in [0.3, 0.4) is 0 Å². The van der Waals surface area contributed by atoms with E-state index in [1.165, 1.54) is 0 Å². The molecule has 0 aliphatic rings.